The summed E-state index contributed by atoms with van der Waals surface area (Å²) in [4.78, 5) is 18.7. The molecule has 2 heterocycles. The molecule has 8 nitrogen and oxygen atoms in total. The molecular weight excluding hydrogens is 222 g/mol. The molecule has 0 radical (unpaired) electrons. The van der Waals surface area contributed by atoms with Gasteiger partial charge in [0.2, 0.25) is 0 Å². The number of aryl methyl sites for hydroxylation is 1. The lowest BCUT2D eigenvalue weighted by Gasteiger charge is -2.08. The van der Waals surface area contributed by atoms with Crippen LogP contribution < -0.4 is 16.4 Å². The number of hydrogen-bond acceptors (Lipinski definition) is 5. The summed E-state index contributed by atoms with van der Waals surface area (Å²) in [5.74, 6) is 1.31. The van der Waals surface area contributed by atoms with Gasteiger partial charge in [0.1, 0.15) is 12.1 Å². The molecule has 2 amide bonds. The summed E-state index contributed by atoms with van der Waals surface area (Å²) in [6.45, 7) is 2.86. The van der Waals surface area contributed by atoms with E-state index in [0.717, 1.165) is 11.5 Å². The van der Waals surface area contributed by atoms with E-state index in [9.17, 15) is 4.79 Å². The Hall–Kier alpha value is -2.38. The topological polar surface area (TPSA) is 110 Å². The summed E-state index contributed by atoms with van der Waals surface area (Å²) in [5, 5.41) is 9.65. The molecule has 0 spiro atoms. The molecule has 0 bridgehead atoms. The van der Waals surface area contributed by atoms with Crippen LogP contribution in [0.15, 0.2) is 12.4 Å². The maximum Gasteiger partial charge on any atom is 0.312 e. The number of rotatable bonds is 4. The van der Waals surface area contributed by atoms with Crippen molar-refractivity contribution in [3.63, 3.8) is 0 Å². The standard InChI is InChI=1S/C9H13N7O/c1-6-4-7(11-2-3-12-8(10)17)16-9(15-6)13-5-14-16/h4-5,11H,2-3H2,1H3,(H3,10,12,17). The highest BCUT2D eigenvalue weighted by molar-refractivity contribution is 5.71. The average Bonchev–Trinajstić information content (AvgIpc) is 2.71. The summed E-state index contributed by atoms with van der Waals surface area (Å²) in [7, 11) is 0. The van der Waals surface area contributed by atoms with E-state index in [2.05, 4.69) is 25.7 Å². The lowest BCUT2D eigenvalue weighted by molar-refractivity contribution is 0.249. The average molecular weight is 235 g/mol. The van der Waals surface area contributed by atoms with Crippen molar-refractivity contribution in [2.24, 2.45) is 5.73 Å². The van der Waals surface area contributed by atoms with Crippen LogP contribution in [0.25, 0.3) is 5.78 Å². The monoisotopic (exact) mass is 235 g/mol. The predicted molar refractivity (Wildman–Crippen MR) is 61.6 cm³/mol. The smallest absolute Gasteiger partial charge is 0.312 e. The van der Waals surface area contributed by atoms with Crippen LogP contribution in [-0.4, -0.2) is 38.7 Å². The van der Waals surface area contributed by atoms with Gasteiger partial charge in [-0.05, 0) is 6.92 Å². The van der Waals surface area contributed by atoms with Crippen molar-refractivity contribution in [1.82, 2.24) is 24.9 Å². The van der Waals surface area contributed by atoms with E-state index in [1.54, 1.807) is 4.52 Å². The van der Waals surface area contributed by atoms with Crippen LogP contribution >= 0.6 is 0 Å². The molecule has 0 saturated heterocycles. The van der Waals surface area contributed by atoms with Gasteiger partial charge < -0.3 is 16.4 Å². The van der Waals surface area contributed by atoms with Crippen LogP contribution in [0.2, 0.25) is 0 Å². The number of nitrogens with zero attached hydrogens (tertiary/aromatic N) is 4. The van der Waals surface area contributed by atoms with Crippen molar-refractivity contribution in [3.8, 4) is 0 Å². The number of amides is 2. The zero-order valence-electron chi connectivity index (χ0n) is 9.34. The van der Waals surface area contributed by atoms with Crippen molar-refractivity contribution in [1.29, 1.82) is 0 Å². The zero-order chi connectivity index (χ0) is 12.3. The van der Waals surface area contributed by atoms with E-state index < -0.39 is 6.03 Å². The molecule has 90 valence electrons. The molecule has 0 aliphatic carbocycles. The van der Waals surface area contributed by atoms with Crippen LogP contribution in [0.3, 0.4) is 0 Å². The molecule has 2 aromatic rings. The summed E-state index contributed by atoms with van der Waals surface area (Å²) < 4.78 is 1.59. The molecule has 8 heteroatoms. The Kier molecular flexibility index (Phi) is 3.03. The third kappa shape index (κ3) is 2.60. The molecule has 0 fully saturated rings. The second kappa shape index (κ2) is 4.64. The van der Waals surface area contributed by atoms with Crippen molar-refractivity contribution in [3.05, 3.63) is 18.1 Å². The van der Waals surface area contributed by atoms with E-state index in [-0.39, 0.29) is 0 Å². The summed E-state index contributed by atoms with van der Waals surface area (Å²) in [6, 6.07) is 1.31. The minimum atomic E-state index is -0.538. The molecule has 0 atom stereocenters. The lowest BCUT2D eigenvalue weighted by Crippen LogP contribution is -2.33. The molecule has 0 saturated carbocycles. The van der Waals surface area contributed by atoms with E-state index in [0.29, 0.717) is 18.9 Å². The third-order valence-electron chi connectivity index (χ3n) is 2.11. The quantitative estimate of drug-likeness (QED) is 0.619. The molecule has 0 aliphatic rings. The van der Waals surface area contributed by atoms with Gasteiger partial charge in [-0.3, -0.25) is 0 Å². The Morgan fingerprint density at radius 2 is 2.35 bits per heavy atom. The van der Waals surface area contributed by atoms with E-state index in [1.807, 2.05) is 13.0 Å². The molecule has 2 rings (SSSR count). The highest BCUT2D eigenvalue weighted by atomic mass is 16.2. The van der Waals surface area contributed by atoms with Gasteiger partial charge in [0.25, 0.3) is 5.78 Å². The first kappa shape index (κ1) is 11.1. The fourth-order valence-electron chi connectivity index (χ4n) is 1.43. The largest absolute Gasteiger partial charge is 0.368 e. The molecule has 4 N–H and O–H groups in total. The number of urea groups is 1. The molecular formula is C9H13N7O. The minimum absolute atomic E-state index is 0.437. The number of nitrogens with two attached hydrogens (primary N) is 1. The van der Waals surface area contributed by atoms with E-state index in [4.69, 9.17) is 5.73 Å². The lowest BCUT2D eigenvalue weighted by atomic mass is 10.4. The number of aromatic nitrogens is 4. The third-order valence-corrected chi connectivity index (χ3v) is 2.11. The first-order valence-corrected chi connectivity index (χ1v) is 5.11. The van der Waals surface area contributed by atoms with Gasteiger partial charge in [0.15, 0.2) is 0 Å². The second-order valence-corrected chi connectivity index (χ2v) is 3.47. The van der Waals surface area contributed by atoms with Gasteiger partial charge in [-0.15, -0.1) is 0 Å². The molecule has 0 aliphatic heterocycles. The highest BCUT2D eigenvalue weighted by Gasteiger charge is 2.04. The van der Waals surface area contributed by atoms with Crippen LogP contribution in [0.5, 0.6) is 0 Å². The summed E-state index contributed by atoms with van der Waals surface area (Å²) >= 11 is 0. The number of fused-ring (bicyclic) bond motifs is 1. The maximum absolute atomic E-state index is 10.5. The number of carbonyl (C=O) groups is 1. The normalized spacial score (nSPS) is 10.4. The number of anilines is 1. The van der Waals surface area contributed by atoms with Gasteiger partial charge in [0.05, 0.1) is 0 Å². The van der Waals surface area contributed by atoms with Crippen LogP contribution in [0.1, 0.15) is 5.69 Å². The van der Waals surface area contributed by atoms with E-state index in [1.165, 1.54) is 6.33 Å². The number of nitrogens with one attached hydrogen (secondary N) is 2. The summed E-state index contributed by atoms with van der Waals surface area (Å²) in [5.41, 5.74) is 5.80. The second-order valence-electron chi connectivity index (χ2n) is 3.47. The van der Waals surface area contributed by atoms with Gasteiger partial charge >= 0.3 is 6.03 Å². The number of hydrogen-bond donors (Lipinski definition) is 3. The Bertz CT molecular complexity index is 535. The van der Waals surface area contributed by atoms with E-state index >= 15 is 0 Å². The first-order valence-electron chi connectivity index (χ1n) is 5.11. The molecule has 0 unspecified atom stereocenters. The fourth-order valence-corrected chi connectivity index (χ4v) is 1.43. The van der Waals surface area contributed by atoms with Crippen molar-refractivity contribution in [2.75, 3.05) is 18.4 Å². The van der Waals surface area contributed by atoms with Crippen molar-refractivity contribution in [2.45, 2.75) is 6.92 Å². The van der Waals surface area contributed by atoms with Crippen LogP contribution in [0, 0.1) is 6.92 Å². The molecule has 17 heavy (non-hydrogen) atoms. The zero-order valence-corrected chi connectivity index (χ0v) is 9.34. The SMILES string of the molecule is Cc1cc(NCCNC(N)=O)n2ncnc2n1. The van der Waals surface area contributed by atoms with Crippen molar-refractivity contribution >= 4 is 17.6 Å². The van der Waals surface area contributed by atoms with Gasteiger partial charge in [-0.2, -0.15) is 14.6 Å². The van der Waals surface area contributed by atoms with Crippen LogP contribution in [-0.2, 0) is 0 Å². The van der Waals surface area contributed by atoms with Gasteiger partial charge in [0, 0.05) is 24.8 Å². The maximum atomic E-state index is 10.5. The fraction of sp³-hybridized carbons (Fsp3) is 0.333. The Morgan fingerprint density at radius 1 is 1.53 bits per heavy atom. The minimum Gasteiger partial charge on any atom is -0.368 e. The van der Waals surface area contributed by atoms with Crippen LogP contribution in [0.4, 0.5) is 10.6 Å². The Labute approximate surface area is 97.2 Å². The summed E-state index contributed by atoms with van der Waals surface area (Å²) in [6.07, 6.45) is 1.44. The number of carbonyl (C=O) groups excluding carboxylic acids is 1. The van der Waals surface area contributed by atoms with Gasteiger partial charge in [-0.1, -0.05) is 0 Å². The highest BCUT2D eigenvalue weighted by Crippen LogP contribution is 2.09. The predicted octanol–water partition coefficient (Wildman–Crippen LogP) is -0.487. The van der Waals surface area contributed by atoms with Crippen molar-refractivity contribution < 1.29 is 4.79 Å². The number of primary amides is 1. The molecule has 0 aromatic carbocycles. The Morgan fingerprint density at radius 3 is 3.12 bits per heavy atom. The first-order chi connectivity index (χ1) is 8.16. The molecule has 2 aromatic heterocycles. The Balaban J connectivity index is 2.07. The van der Waals surface area contributed by atoms with Gasteiger partial charge in [-0.25, -0.2) is 9.78 Å².